The molecule has 0 radical (unpaired) electrons. The number of nitrogens with zero attached hydrogens (tertiary/aromatic N) is 1. The molecule has 142 valence electrons. The van der Waals surface area contributed by atoms with Crippen LogP contribution in [0.25, 0.3) is 0 Å². The first kappa shape index (κ1) is 19.1. The van der Waals surface area contributed by atoms with E-state index in [9.17, 15) is 14.4 Å². The van der Waals surface area contributed by atoms with Crippen molar-refractivity contribution < 1.29 is 19.1 Å². The van der Waals surface area contributed by atoms with Crippen molar-refractivity contribution >= 4 is 34.1 Å². The average molecular weight is 386 g/mol. The zero-order valence-electron chi connectivity index (χ0n) is 15.4. The van der Waals surface area contributed by atoms with Crippen LogP contribution in [0.3, 0.4) is 0 Å². The lowest BCUT2D eigenvalue weighted by atomic mass is 9.96. The van der Waals surface area contributed by atoms with Gasteiger partial charge in [0, 0.05) is 18.7 Å². The molecule has 7 heteroatoms. The van der Waals surface area contributed by atoms with E-state index in [1.54, 1.807) is 17.0 Å². The molecule has 6 nitrogen and oxygen atoms in total. The van der Waals surface area contributed by atoms with E-state index >= 15 is 0 Å². The fourth-order valence-electron chi connectivity index (χ4n) is 3.09. The predicted molar refractivity (Wildman–Crippen MR) is 104 cm³/mol. The molecule has 2 aromatic rings. The number of methoxy groups -OCH3 is 1. The highest BCUT2D eigenvalue weighted by atomic mass is 32.1. The largest absolute Gasteiger partial charge is 0.465 e. The van der Waals surface area contributed by atoms with Gasteiger partial charge in [0.25, 0.3) is 5.91 Å². The topological polar surface area (TPSA) is 75.7 Å². The minimum Gasteiger partial charge on any atom is -0.465 e. The molecule has 3 rings (SSSR count). The Bertz CT molecular complexity index is 844. The molecule has 1 aromatic heterocycles. The standard InChI is InChI=1S/C20H22N2O4S/c1-13-5-7-14(8-6-13)19(24)22-11-3-4-15(12-22)18(23)21-17-10-9-16(27-17)20(25)26-2/h5-10,15H,3-4,11-12H2,1-2H3,(H,21,23). The van der Waals surface area contributed by atoms with E-state index < -0.39 is 5.97 Å². The summed E-state index contributed by atoms with van der Waals surface area (Å²) in [5, 5.41) is 3.45. The van der Waals surface area contributed by atoms with Crippen LogP contribution in [-0.2, 0) is 9.53 Å². The number of hydrogen-bond donors (Lipinski definition) is 1. The number of likely N-dealkylation sites (tertiary alicyclic amines) is 1. The fourth-order valence-corrected chi connectivity index (χ4v) is 3.92. The van der Waals surface area contributed by atoms with Crippen LogP contribution in [0.15, 0.2) is 36.4 Å². The van der Waals surface area contributed by atoms with Crippen molar-refractivity contribution in [3.63, 3.8) is 0 Å². The van der Waals surface area contributed by atoms with Gasteiger partial charge >= 0.3 is 5.97 Å². The Kier molecular flexibility index (Phi) is 5.91. The second-order valence-corrected chi connectivity index (χ2v) is 7.68. The number of aryl methyl sites for hydroxylation is 1. The Morgan fingerprint density at radius 2 is 1.89 bits per heavy atom. The number of amides is 2. The van der Waals surface area contributed by atoms with Crippen LogP contribution in [-0.4, -0.2) is 42.9 Å². The summed E-state index contributed by atoms with van der Waals surface area (Å²) in [6.07, 6.45) is 1.52. The molecule has 1 aromatic carbocycles. The molecule has 1 fully saturated rings. The number of thiophene rings is 1. The molecule has 0 saturated carbocycles. The zero-order valence-corrected chi connectivity index (χ0v) is 16.2. The molecule has 1 unspecified atom stereocenters. The van der Waals surface area contributed by atoms with E-state index in [0.29, 0.717) is 28.5 Å². The number of carbonyl (C=O) groups excluding carboxylic acids is 3. The van der Waals surface area contributed by atoms with Gasteiger partial charge in [-0.25, -0.2) is 4.79 Å². The first-order chi connectivity index (χ1) is 13.0. The highest BCUT2D eigenvalue weighted by Gasteiger charge is 2.29. The Morgan fingerprint density at radius 1 is 1.15 bits per heavy atom. The summed E-state index contributed by atoms with van der Waals surface area (Å²) < 4.78 is 4.68. The third kappa shape index (κ3) is 4.54. The van der Waals surface area contributed by atoms with Crippen molar-refractivity contribution in [1.82, 2.24) is 4.90 Å². The van der Waals surface area contributed by atoms with E-state index in [2.05, 4.69) is 10.1 Å². The molecule has 0 spiro atoms. The second kappa shape index (κ2) is 8.35. The number of hydrogen-bond acceptors (Lipinski definition) is 5. The Hall–Kier alpha value is -2.67. The first-order valence-corrected chi connectivity index (χ1v) is 9.64. The summed E-state index contributed by atoms with van der Waals surface area (Å²) in [5.41, 5.74) is 1.74. The number of piperidine rings is 1. The van der Waals surface area contributed by atoms with Crippen molar-refractivity contribution in [2.75, 3.05) is 25.5 Å². The van der Waals surface area contributed by atoms with Crippen molar-refractivity contribution in [2.24, 2.45) is 5.92 Å². The quantitative estimate of drug-likeness (QED) is 0.818. The highest BCUT2D eigenvalue weighted by Crippen LogP contribution is 2.25. The van der Waals surface area contributed by atoms with Gasteiger partial charge < -0.3 is 15.0 Å². The molecule has 0 bridgehead atoms. The molecule has 1 saturated heterocycles. The van der Waals surface area contributed by atoms with Crippen LogP contribution < -0.4 is 5.32 Å². The Balaban J connectivity index is 1.62. The van der Waals surface area contributed by atoms with Gasteiger partial charge in [0.2, 0.25) is 5.91 Å². The van der Waals surface area contributed by atoms with Crippen LogP contribution in [0, 0.1) is 12.8 Å². The number of benzene rings is 1. The molecule has 27 heavy (non-hydrogen) atoms. The summed E-state index contributed by atoms with van der Waals surface area (Å²) in [5.74, 6) is -0.865. The van der Waals surface area contributed by atoms with Crippen LogP contribution in [0.4, 0.5) is 5.00 Å². The van der Waals surface area contributed by atoms with Gasteiger partial charge in [-0.2, -0.15) is 0 Å². The molecule has 1 atom stereocenters. The van der Waals surface area contributed by atoms with Crippen LogP contribution in [0.1, 0.15) is 38.4 Å². The highest BCUT2D eigenvalue weighted by molar-refractivity contribution is 7.18. The van der Waals surface area contributed by atoms with Crippen LogP contribution in [0.5, 0.6) is 0 Å². The van der Waals surface area contributed by atoms with Crippen LogP contribution >= 0.6 is 11.3 Å². The monoisotopic (exact) mass is 386 g/mol. The van der Waals surface area contributed by atoms with Crippen molar-refractivity contribution in [3.8, 4) is 0 Å². The third-order valence-electron chi connectivity index (χ3n) is 4.62. The van der Waals surface area contributed by atoms with Crippen molar-refractivity contribution in [3.05, 3.63) is 52.4 Å². The lowest BCUT2D eigenvalue weighted by Crippen LogP contribution is -2.43. The van der Waals surface area contributed by atoms with Gasteiger partial charge in [-0.15, -0.1) is 11.3 Å². The summed E-state index contributed by atoms with van der Waals surface area (Å²) >= 11 is 1.18. The third-order valence-corrected chi connectivity index (χ3v) is 5.60. The fraction of sp³-hybridized carbons (Fsp3) is 0.350. The molecular weight excluding hydrogens is 364 g/mol. The van der Waals surface area contributed by atoms with Crippen LogP contribution in [0.2, 0.25) is 0 Å². The maximum atomic E-state index is 12.7. The van der Waals surface area contributed by atoms with E-state index in [4.69, 9.17) is 0 Å². The average Bonchev–Trinajstić information content (AvgIpc) is 3.16. The van der Waals surface area contributed by atoms with Crippen molar-refractivity contribution in [1.29, 1.82) is 0 Å². The summed E-state index contributed by atoms with van der Waals surface area (Å²) in [4.78, 5) is 39.0. The van der Waals surface area contributed by atoms with Gasteiger partial charge in [-0.05, 0) is 44.0 Å². The lowest BCUT2D eigenvalue weighted by molar-refractivity contribution is -0.121. The van der Waals surface area contributed by atoms with Gasteiger partial charge in [0.15, 0.2) is 0 Å². The summed E-state index contributed by atoms with van der Waals surface area (Å²) in [6.45, 7) is 3.03. The van der Waals surface area contributed by atoms with Gasteiger partial charge in [0.1, 0.15) is 4.88 Å². The zero-order chi connectivity index (χ0) is 19.4. The van der Waals surface area contributed by atoms with Crippen molar-refractivity contribution in [2.45, 2.75) is 19.8 Å². The molecule has 1 aliphatic heterocycles. The molecule has 2 heterocycles. The molecular formula is C20H22N2O4S. The molecule has 1 aliphatic rings. The second-order valence-electron chi connectivity index (χ2n) is 6.60. The van der Waals surface area contributed by atoms with Gasteiger partial charge in [0.05, 0.1) is 18.0 Å². The predicted octanol–water partition coefficient (Wildman–Crippen LogP) is 3.33. The number of nitrogens with one attached hydrogen (secondary N) is 1. The maximum absolute atomic E-state index is 12.7. The molecule has 2 amide bonds. The Morgan fingerprint density at radius 3 is 2.59 bits per heavy atom. The lowest BCUT2D eigenvalue weighted by Gasteiger charge is -2.32. The van der Waals surface area contributed by atoms with E-state index in [-0.39, 0.29) is 17.7 Å². The number of rotatable bonds is 4. The minimum atomic E-state index is -0.423. The first-order valence-electron chi connectivity index (χ1n) is 8.83. The summed E-state index contributed by atoms with van der Waals surface area (Å²) in [7, 11) is 1.32. The Labute approximate surface area is 162 Å². The molecule has 0 aliphatic carbocycles. The number of ether oxygens (including phenoxy) is 1. The van der Waals surface area contributed by atoms with E-state index in [0.717, 1.165) is 18.4 Å². The normalized spacial score (nSPS) is 16.7. The number of esters is 1. The smallest absolute Gasteiger partial charge is 0.348 e. The summed E-state index contributed by atoms with van der Waals surface area (Å²) in [6, 6.07) is 10.8. The minimum absolute atomic E-state index is 0.0448. The van der Waals surface area contributed by atoms with E-state index in [1.165, 1.54) is 18.4 Å². The molecule has 1 N–H and O–H groups in total. The van der Waals surface area contributed by atoms with E-state index in [1.807, 2.05) is 31.2 Å². The SMILES string of the molecule is COC(=O)c1ccc(NC(=O)C2CCCN(C(=O)c3ccc(C)cc3)C2)s1. The maximum Gasteiger partial charge on any atom is 0.348 e. The number of carbonyl (C=O) groups is 3. The number of anilines is 1. The van der Waals surface area contributed by atoms with Gasteiger partial charge in [-0.3, -0.25) is 9.59 Å². The van der Waals surface area contributed by atoms with Gasteiger partial charge in [-0.1, -0.05) is 17.7 Å².